The van der Waals surface area contributed by atoms with Gasteiger partial charge >= 0.3 is 0 Å². The third kappa shape index (κ3) is 3.57. The number of unbranched alkanes of at least 4 members (excludes halogenated alkanes) is 1. The van der Waals surface area contributed by atoms with Crippen molar-refractivity contribution in [3.8, 4) is 0 Å². The molecular formula is C11H16F2N2. The monoisotopic (exact) mass is 214 g/mol. The maximum absolute atomic E-state index is 13.3. The molecule has 0 fully saturated rings. The first-order chi connectivity index (χ1) is 7.15. The molecule has 2 nitrogen and oxygen atoms in total. The van der Waals surface area contributed by atoms with Gasteiger partial charge in [-0.3, -0.25) is 0 Å². The molecule has 4 heteroatoms. The fraction of sp³-hybridized carbons (Fsp3) is 0.455. The highest BCUT2D eigenvalue weighted by molar-refractivity contribution is 5.21. The summed E-state index contributed by atoms with van der Waals surface area (Å²) in [4.78, 5) is 0. The summed E-state index contributed by atoms with van der Waals surface area (Å²) >= 11 is 0. The number of benzene rings is 1. The molecule has 0 aliphatic rings. The maximum atomic E-state index is 13.3. The minimum Gasteiger partial charge on any atom is -0.330 e. The average Bonchev–Trinajstić information content (AvgIpc) is 2.22. The molecule has 1 atom stereocenters. The lowest BCUT2D eigenvalue weighted by Crippen LogP contribution is -2.13. The predicted molar refractivity (Wildman–Crippen MR) is 56.2 cm³/mol. The topological polar surface area (TPSA) is 52.0 Å². The molecule has 4 N–H and O–H groups in total. The van der Waals surface area contributed by atoms with Crippen LogP contribution in [0.1, 0.15) is 30.9 Å². The Balaban J connectivity index is 2.64. The molecule has 0 saturated heterocycles. The summed E-state index contributed by atoms with van der Waals surface area (Å²) in [6.07, 6.45) is 2.30. The van der Waals surface area contributed by atoms with Gasteiger partial charge in [0.25, 0.3) is 0 Å². The first kappa shape index (κ1) is 12.1. The van der Waals surface area contributed by atoms with Crippen LogP contribution in [0.3, 0.4) is 0 Å². The normalized spacial score (nSPS) is 12.8. The quantitative estimate of drug-likeness (QED) is 0.737. The van der Waals surface area contributed by atoms with Crippen molar-refractivity contribution in [2.45, 2.75) is 25.3 Å². The molecule has 0 aliphatic carbocycles. The van der Waals surface area contributed by atoms with Crippen LogP contribution in [0, 0.1) is 11.6 Å². The predicted octanol–water partition coefficient (Wildman–Crippen LogP) is 2.09. The molecule has 0 amide bonds. The molecule has 0 bridgehead atoms. The van der Waals surface area contributed by atoms with Crippen LogP contribution in [0.2, 0.25) is 0 Å². The maximum Gasteiger partial charge on any atom is 0.128 e. The molecule has 0 heterocycles. The average molecular weight is 214 g/mol. The van der Waals surface area contributed by atoms with Gasteiger partial charge in [-0.25, -0.2) is 8.78 Å². The van der Waals surface area contributed by atoms with E-state index in [4.69, 9.17) is 11.5 Å². The van der Waals surface area contributed by atoms with Gasteiger partial charge in [0.15, 0.2) is 0 Å². The largest absolute Gasteiger partial charge is 0.330 e. The second kappa shape index (κ2) is 5.78. The van der Waals surface area contributed by atoms with Crippen molar-refractivity contribution in [2.75, 3.05) is 6.54 Å². The Bertz CT molecular complexity index is 315. The van der Waals surface area contributed by atoms with Gasteiger partial charge in [-0.2, -0.15) is 0 Å². The number of hydrogen-bond donors (Lipinski definition) is 2. The van der Waals surface area contributed by atoms with E-state index in [0.717, 1.165) is 31.0 Å². The third-order valence-corrected chi connectivity index (χ3v) is 2.33. The zero-order chi connectivity index (χ0) is 11.3. The molecule has 84 valence electrons. The van der Waals surface area contributed by atoms with Gasteiger partial charge in [0, 0.05) is 11.6 Å². The minimum absolute atomic E-state index is 0.243. The molecule has 0 aliphatic heterocycles. The lowest BCUT2D eigenvalue weighted by molar-refractivity contribution is 0.532. The van der Waals surface area contributed by atoms with Crippen LogP contribution < -0.4 is 11.5 Å². The number of halogens is 2. The Hall–Kier alpha value is -1.00. The van der Waals surface area contributed by atoms with Crippen LogP contribution in [0.5, 0.6) is 0 Å². The minimum atomic E-state index is -0.458. The molecule has 0 spiro atoms. The van der Waals surface area contributed by atoms with Crippen LogP contribution in [-0.4, -0.2) is 6.54 Å². The van der Waals surface area contributed by atoms with Crippen molar-refractivity contribution in [1.29, 1.82) is 0 Å². The second-order valence-electron chi connectivity index (χ2n) is 3.56. The summed E-state index contributed by atoms with van der Waals surface area (Å²) in [5.74, 6) is -0.905. The van der Waals surface area contributed by atoms with Gasteiger partial charge in [-0.05, 0) is 37.6 Å². The fourth-order valence-electron chi connectivity index (χ4n) is 1.46. The van der Waals surface area contributed by atoms with E-state index in [-0.39, 0.29) is 5.56 Å². The van der Waals surface area contributed by atoms with Gasteiger partial charge in [0.2, 0.25) is 0 Å². The van der Waals surface area contributed by atoms with Crippen LogP contribution in [0.25, 0.3) is 0 Å². The summed E-state index contributed by atoms with van der Waals surface area (Å²) in [5, 5.41) is 0. The van der Waals surface area contributed by atoms with Crippen LogP contribution in [0.15, 0.2) is 18.2 Å². The SMILES string of the molecule is NCCCC[C@@H](N)c1cc(F)ccc1F. The summed E-state index contributed by atoms with van der Waals surface area (Å²) in [6, 6.07) is 2.90. The van der Waals surface area contributed by atoms with Crippen molar-refractivity contribution in [3.05, 3.63) is 35.4 Å². The molecule has 1 aromatic rings. The van der Waals surface area contributed by atoms with Gasteiger partial charge in [-0.1, -0.05) is 6.42 Å². The highest BCUT2D eigenvalue weighted by Crippen LogP contribution is 2.20. The number of nitrogens with two attached hydrogens (primary N) is 2. The van der Waals surface area contributed by atoms with E-state index in [1.54, 1.807) is 0 Å². The van der Waals surface area contributed by atoms with Gasteiger partial charge in [0.05, 0.1) is 0 Å². The van der Waals surface area contributed by atoms with Crippen LogP contribution in [0.4, 0.5) is 8.78 Å². The van der Waals surface area contributed by atoms with E-state index in [1.165, 1.54) is 0 Å². The first-order valence-electron chi connectivity index (χ1n) is 5.05. The van der Waals surface area contributed by atoms with Crippen LogP contribution >= 0.6 is 0 Å². The Labute approximate surface area is 88.3 Å². The zero-order valence-corrected chi connectivity index (χ0v) is 8.55. The van der Waals surface area contributed by atoms with Gasteiger partial charge in [-0.15, -0.1) is 0 Å². The van der Waals surface area contributed by atoms with E-state index >= 15 is 0 Å². The number of hydrogen-bond acceptors (Lipinski definition) is 2. The van der Waals surface area contributed by atoms with Crippen molar-refractivity contribution >= 4 is 0 Å². The highest BCUT2D eigenvalue weighted by atomic mass is 19.1. The molecule has 0 unspecified atom stereocenters. The fourth-order valence-corrected chi connectivity index (χ4v) is 1.46. The lowest BCUT2D eigenvalue weighted by atomic mass is 10.0. The molecule has 0 aromatic heterocycles. The highest BCUT2D eigenvalue weighted by Gasteiger charge is 2.11. The Kier molecular flexibility index (Phi) is 4.65. The molecule has 0 radical (unpaired) electrons. The van der Waals surface area contributed by atoms with E-state index in [0.29, 0.717) is 13.0 Å². The van der Waals surface area contributed by atoms with Crippen LogP contribution in [-0.2, 0) is 0 Å². The standard InChI is InChI=1S/C11H16F2N2/c12-8-4-5-10(13)9(7-8)11(15)3-1-2-6-14/h4-5,7,11H,1-3,6,14-15H2/t11-/m1/s1. The third-order valence-electron chi connectivity index (χ3n) is 2.33. The summed E-state index contributed by atoms with van der Waals surface area (Å²) < 4.78 is 26.1. The summed E-state index contributed by atoms with van der Waals surface area (Å²) in [7, 11) is 0. The summed E-state index contributed by atoms with van der Waals surface area (Å²) in [5.41, 5.74) is 11.3. The number of rotatable bonds is 5. The molecule has 1 rings (SSSR count). The van der Waals surface area contributed by atoms with E-state index in [1.807, 2.05) is 0 Å². The lowest BCUT2D eigenvalue weighted by Gasteiger charge is -2.12. The van der Waals surface area contributed by atoms with Gasteiger partial charge in [0.1, 0.15) is 11.6 Å². The van der Waals surface area contributed by atoms with E-state index in [2.05, 4.69) is 0 Å². The van der Waals surface area contributed by atoms with Gasteiger partial charge < -0.3 is 11.5 Å². The Morgan fingerprint density at radius 3 is 2.60 bits per heavy atom. The summed E-state index contributed by atoms with van der Waals surface area (Å²) in [6.45, 7) is 0.596. The zero-order valence-electron chi connectivity index (χ0n) is 8.55. The van der Waals surface area contributed by atoms with E-state index < -0.39 is 17.7 Å². The first-order valence-corrected chi connectivity index (χ1v) is 5.05. The van der Waals surface area contributed by atoms with Crippen molar-refractivity contribution < 1.29 is 8.78 Å². The van der Waals surface area contributed by atoms with E-state index in [9.17, 15) is 8.78 Å². The second-order valence-corrected chi connectivity index (χ2v) is 3.56. The molecule has 1 aromatic carbocycles. The smallest absolute Gasteiger partial charge is 0.128 e. The Morgan fingerprint density at radius 2 is 1.93 bits per heavy atom. The van der Waals surface area contributed by atoms with Crippen molar-refractivity contribution in [2.24, 2.45) is 11.5 Å². The molecular weight excluding hydrogens is 198 g/mol. The van der Waals surface area contributed by atoms with Crippen molar-refractivity contribution in [1.82, 2.24) is 0 Å². The molecule has 0 saturated carbocycles. The molecule has 15 heavy (non-hydrogen) atoms. The van der Waals surface area contributed by atoms with Crippen molar-refractivity contribution in [3.63, 3.8) is 0 Å². The Morgan fingerprint density at radius 1 is 1.20 bits per heavy atom.